The first-order valence-electron chi connectivity index (χ1n) is 6.25. The average molecular weight is 319 g/mol. The lowest BCUT2D eigenvalue weighted by Gasteiger charge is -2.00. The predicted molar refractivity (Wildman–Crippen MR) is 85.6 cm³/mol. The number of nitro groups is 1. The minimum absolute atomic E-state index is 0.0682. The van der Waals surface area contributed by atoms with Gasteiger partial charge < -0.3 is 5.11 Å². The SMILES string of the molecule is O=[N+]([O-])c1ccccc1SCc1ccc(C#CCCO)s1. The van der Waals surface area contributed by atoms with Crippen molar-refractivity contribution in [3.05, 3.63) is 56.3 Å². The molecule has 0 bridgehead atoms. The second-order valence-corrected chi connectivity index (χ2v) is 6.24. The Balaban J connectivity index is 2.01. The van der Waals surface area contributed by atoms with E-state index in [-0.39, 0.29) is 17.2 Å². The second kappa shape index (κ2) is 7.84. The van der Waals surface area contributed by atoms with Crippen molar-refractivity contribution in [3.8, 4) is 11.8 Å². The van der Waals surface area contributed by atoms with Gasteiger partial charge in [0.05, 0.1) is 21.3 Å². The Labute approximate surface area is 131 Å². The molecule has 1 N–H and O–H groups in total. The summed E-state index contributed by atoms with van der Waals surface area (Å²) in [5.41, 5.74) is 0.141. The van der Waals surface area contributed by atoms with Crippen LogP contribution in [0.1, 0.15) is 16.2 Å². The smallest absolute Gasteiger partial charge is 0.282 e. The number of hydrogen-bond acceptors (Lipinski definition) is 5. The predicted octanol–water partition coefficient (Wildman–Crippen LogP) is 3.68. The Morgan fingerprint density at radius 2 is 2.10 bits per heavy atom. The van der Waals surface area contributed by atoms with Gasteiger partial charge in [-0.2, -0.15) is 0 Å². The maximum atomic E-state index is 10.9. The van der Waals surface area contributed by atoms with Gasteiger partial charge in [0.15, 0.2) is 0 Å². The van der Waals surface area contributed by atoms with Gasteiger partial charge >= 0.3 is 0 Å². The summed E-state index contributed by atoms with van der Waals surface area (Å²) >= 11 is 3.02. The molecule has 0 aliphatic carbocycles. The number of thiophene rings is 1. The lowest BCUT2D eigenvalue weighted by Crippen LogP contribution is -1.90. The molecule has 1 aromatic heterocycles. The van der Waals surface area contributed by atoms with Gasteiger partial charge in [-0.25, -0.2) is 0 Å². The Hall–Kier alpha value is -1.81. The van der Waals surface area contributed by atoms with E-state index in [1.165, 1.54) is 17.8 Å². The topological polar surface area (TPSA) is 63.4 Å². The van der Waals surface area contributed by atoms with Gasteiger partial charge in [0.2, 0.25) is 0 Å². The van der Waals surface area contributed by atoms with Crippen LogP contribution in [0.25, 0.3) is 0 Å². The number of aliphatic hydroxyl groups is 1. The standard InChI is InChI=1S/C15H13NO3S2/c17-10-4-3-5-12-8-9-13(21-12)11-20-15-7-2-1-6-14(15)16(18)19/h1-2,6-9,17H,4,10-11H2. The number of rotatable bonds is 5. The van der Waals surface area contributed by atoms with Gasteiger partial charge in [-0.05, 0) is 18.2 Å². The van der Waals surface area contributed by atoms with Crippen LogP contribution in [0.3, 0.4) is 0 Å². The van der Waals surface area contributed by atoms with E-state index in [2.05, 4.69) is 11.8 Å². The largest absolute Gasteiger partial charge is 0.395 e. The molecule has 4 nitrogen and oxygen atoms in total. The van der Waals surface area contributed by atoms with Crippen molar-refractivity contribution >= 4 is 28.8 Å². The zero-order chi connectivity index (χ0) is 15.1. The fourth-order valence-electron chi connectivity index (χ4n) is 1.61. The average Bonchev–Trinajstić information content (AvgIpc) is 2.93. The Morgan fingerprint density at radius 3 is 2.86 bits per heavy atom. The van der Waals surface area contributed by atoms with E-state index in [0.717, 1.165) is 9.75 Å². The molecule has 0 aliphatic rings. The van der Waals surface area contributed by atoms with E-state index < -0.39 is 0 Å². The molecule has 0 unspecified atom stereocenters. The number of benzene rings is 1. The Kier molecular flexibility index (Phi) is 5.81. The van der Waals surface area contributed by atoms with Crippen molar-refractivity contribution in [3.63, 3.8) is 0 Å². The van der Waals surface area contributed by atoms with E-state index in [4.69, 9.17) is 5.11 Å². The first-order valence-corrected chi connectivity index (χ1v) is 8.05. The molecular weight excluding hydrogens is 306 g/mol. The van der Waals surface area contributed by atoms with Gasteiger partial charge in [0.25, 0.3) is 5.69 Å². The first-order chi connectivity index (χ1) is 10.2. The normalized spacial score (nSPS) is 9.95. The number of para-hydroxylation sites is 1. The molecule has 0 amide bonds. The van der Waals surface area contributed by atoms with Crippen molar-refractivity contribution in [1.82, 2.24) is 0 Å². The van der Waals surface area contributed by atoms with Gasteiger partial charge in [-0.1, -0.05) is 24.0 Å². The van der Waals surface area contributed by atoms with Crippen molar-refractivity contribution < 1.29 is 10.0 Å². The first kappa shape index (κ1) is 15.6. The van der Waals surface area contributed by atoms with E-state index >= 15 is 0 Å². The molecule has 2 aromatic rings. The zero-order valence-electron chi connectivity index (χ0n) is 11.1. The van der Waals surface area contributed by atoms with E-state index in [1.807, 2.05) is 12.1 Å². The molecule has 21 heavy (non-hydrogen) atoms. The van der Waals surface area contributed by atoms with Crippen molar-refractivity contribution in [2.75, 3.05) is 6.61 Å². The monoisotopic (exact) mass is 319 g/mol. The van der Waals surface area contributed by atoms with Crippen LogP contribution in [-0.2, 0) is 5.75 Å². The van der Waals surface area contributed by atoms with Crippen LogP contribution in [0.2, 0.25) is 0 Å². The van der Waals surface area contributed by atoms with Crippen LogP contribution in [0.4, 0.5) is 5.69 Å². The number of thioether (sulfide) groups is 1. The lowest BCUT2D eigenvalue weighted by molar-refractivity contribution is -0.387. The third-order valence-electron chi connectivity index (χ3n) is 2.54. The summed E-state index contributed by atoms with van der Waals surface area (Å²) in [6.45, 7) is 0.0682. The zero-order valence-corrected chi connectivity index (χ0v) is 12.7. The third-order valence-corrected chi connectivity index (χ3v) is 4.84. The molecule has 0 fully saturated rings. The Morgan fingerprint density at radius 1 is 1.29 bits per heavy atom. The molecule has 0 spiro atoms. The number of hydrogen-bond donors (Lipinski definition) is 1. The summed E-state index contributed by atoms with van der Waals surface area (Å²) in [5, 5.41) is 19.6. The summed E-state index contributed by atoms with van der Waals surface area (Å²) < 4.78 is 0. The van der Waals surface area contributed by atoms with Crippen LogP contribution in [0, 0.1) is 22.0 Å². The van der Waals surface area contributed by atoms with Crippen molar-refractivity contribution in [1.29, 1.82) is 0 Å². The summed E-state index contributed by atoms with van der Waals surface area (Å²) in [5.74, 6) is 6.54. The Bertz CT molecular complexity index is 685. The molecule has 0 atom stereocenters. The summed E-state index contributed by atoms with van der Waals surface area (Å²) in [6.07, 6.45) is 0.470. The quantitative estimate of drug-likeness (QED) is 0.395. The van der Waals surface area contributed by atoms with E-state index in [0.29, 0.717) is 17.1 Å². The number of nitro benzene ring substituents is 1. The molecule has 0 aliphatic heterocycles. The molecule has 0 saturated heterocycles. The highest BCUT2D eigenvalue weighted by molar-refractivity contribution is 7.98. The summed E-state index contributed by atoms with van der Waals surface area (Å²) in [7, 11) is 0. The highest BCUT2D eigenvalue weighted by atomic mass is 32.2. The van der Waals surface area contributed by atoms with Crippen molar-refractivity contribution in [2.24, 2.45) is 0 Å². The van der Waals surface area contributed by atoms with Gasteiger partial charge in [0, 0.05) is 23.1 Å². The number of aliphatic hydroxyl groups excluding tert-OH is 1. The minimum Gasteiger partial charge on any atom is -0.395 e. The minimum atomic E-state index is -0.359. The molecule has 1 heterocycles. The molecule has 6 heteroatoms. The third kappa shape index (κ3) is 4.60. The summed E-state index contributed by atoms with van der Waals surface area (Å²) in [4.78, 5) is 13.3. The molecular formula is C15H13NO3S2. The van der Waals surface area contributed by atoms with Gasteiger partial charge in [-0.15, -0.1) is 23.1 Å². The maximum absolute atomic E-state index is 10.9. The lowest BCUT2D eigenvalue weighted by atomic mass is 10.3. The molecule has 2 rings (SSSR count). The van der Waals surface area contributed by atoms with Crippen LogP contribution in [-0.4, -0.2) is 16.6 Å². The fraction of sp³-hybridized carbons (Fsp3) is 0.200. The molecule has 1 aromatic carbocycles. The van der Waals surface area contributed by atoms with Crippen molar-refractivity contribution in [2.45, 2.75) is 17.1 Å². The van der Waals surface area contributed by atoms with Crippen LogP contribution < -0.4 is 0 Å². The highest BCUT2D eigenvalue weighted by Crippen LogP contribution is 2.32. The van der Waals surface area contributed by atoms with Gasteiger partial charge in [-0.3, -0.25) is 10.1 Å². The van der Waals surface area contributed by atoms with Gasteiger partial charge in [0.1, 0.15) is 0 Å². The summed E-state index contributed by atoms with van der Waals surface area (Å²) in [6, 6.07) is 10.7. The fourth-order valence-corrected chi connectivity index (χ4v) is 3.56. The number of nitrogens with zero attached hydrogens (tertiary/aromatic N) is 1. The molecule has 0 saturated carbocycles. The van der Waals surface area contributed by atoms with E-state index in [9.17, 15) is 10.1 Å². The van der Waals surface area contributed by atoms with Crippen LogP contribution in [0.5, 0.6) is 0 Å². The van der Waals surface area contributed by atoms with E-state index in [1.54, 1.807) is 29.5 Å². The van der Waals surface area contributed by atoms with Crippen LogP contribution in [0.15, 0.2) is 41.3 Å². The molecule has 108 valence electrons. The van der Waals surface area contributed by atoms with Crippen LogP contribution >= 0.6 is 23.1 Å². The molecule has 0 radical (unpaired) electrons. The highest BCUT2D eigenvalue weighted by Gasteiger charge is 2.12. The maximum Gasteiger partial charge on any atom is 0.282 e. The second-order valence-electron chi connectivity index (χ2n) is 4.05.